The molecule has 0 radical (unpaired) electrons. The quantitative estimate of drug-likeness (QED) is 0.341. The molecular weight excluding hydrogens is 375 g/mol. The summed E-state index contributed by atoms with van der Waals surface area (Å²) in [6, 6.07) is 8.36. The maximum absolute atomic E-state index is 12.4. The average molecular weight is 392 g/mol. The van der Waals surface area contributed by atoms with E-state index in [1.165, 1.54) is 6.07 Å². The van der Waals surface area contributed by atoms with E-state index in [4.69, 9.17) is 39.2 Å². The summed E-state index contributed by atoms with van der Waals surface area (Å²) < 4.78 is 3.38. The summed E-state index contributed by atoms with van der Waals surface area (Å²) in [6.45, 7) is 2.58. The number of hydrogen-bond donors (Lipinski definition) is 2. The highest BCUT2D eigenvalue weighted by molar-refractivity contribution is 6.68. The Bertz CT molecular complexity index is 771. The number of hydrogen-bond acceptors (Lipinski definition) is 4. The number of unbranched alkanes of at least 4 members (excludes halogenated alkanes) is 1. The van der Waals surface area contributed by atoms with Gasteiger partial charge in [0, 0.05) is 5.39 Å². The first-order chi connectivity index (χ1) is 11.3. The number of amides is 1. The molecule has 130 valence electrons. The first-order valence-corrected chi connectivity index (χ1v) is 8.60. The van der Waals surface area contributed by atoms with Gasteiger partial charge in [0.2, 0.25) is 3.79 Å². The lowest BCUT2D eigenvalue weighted by molar-refractivity contribution is 0.0926. The van der Waals surface area contributed by atoms with Crippen LogP contribution in [-0.4, -0.2) is 22.4 Å². The van der Waals surface area contributed by atoms with Gasteiger partial charge in [-0.15, -0.1) is 0 Å². The SMILES string of the molecule is CCCCNC(NC(=O)c1cc2ccccc2oc1=O)C(Cl)(Cl)Cl. The van der Waals surface area contributed by atoms with Gasteiger partial charge in [-0.3, -0.25) is 10.1 Å². The van der Waals surface area contributed by atoms with Crippen LogP contribution < -0.4 is 16.3 Å². The Kier molecular flexibility index (Phi) is 6.52. The Hall–Kier alpha value is -1.27. The number of nitrogens with one attached hydrogen (secondary N) is 2. The molecule has 8 heteroatoms. The summed E-state index contributed by atoms with van der Waals surface area (Å²) in [6.07, 6.45) is 0.861. The molecule has 1 heterocycles. The van der Waals surface area contributed by atoms with E-state index in [1.54, 1.807) is 24.3 Å². The summed E-state index contributed by atoms with van der Waals surface area (Å²) in [5.41, 5.74) is -0.494. The number of alkyl halides is 3. The Morgan fingerprint density at radius 1 is 1.29 bits per heavy atom. The van der Waals surface area contributed by atoms with Crippen molar-refractivity contribution in [2.75, 3.05) is 6.54 Å². The van der Waals surface area contributed by atoms with Crippen molar-refractivity contribution in [1.82, 2.24) is 10.6 Å². The van der Waals surface area contributed by atoms with Crippen LogP contribution >= 0.6 is 34.8 Å². The lowest BCUT2D eigenvalue weighted by Crippen LogP contribution is -2.54. The van der Waals surface area contributed by atoms with Crippen molar-refractivity contribution in [3.8, 4) is 0 Å². The molecule has 0 aliphatic rings. The minimum Gasteiger partial charge on any atom is -0.422 e. The van der Waals surface area contributed by atoms with Gasteiger partial charge in [0.05, 0.1) is 0 Å². The summed E-state index contributed by atoms with van der Waals surface area (Å²) in [7, 11) is 0. The molecule has 0 saturated carbocycles. The van der Waals surface area contributed by atoms with Crippen LogP contribution in [0.5, 0.6) is 0 Å². The van der Waals surface area contributed by atoms with Crippen LogP contribution in [-0.2, 0) is 0 Å². The molecule has 2 rings (SSSR count). The van der Waals surface area contributed by atoms with Gasteiger partial charge in [0.1, 0.15) is 17.3 Å². The van der Waals surface area contributed by atoms with Crippen molar-refractivity contribution in [1.29, 1.82) is 0 Å². The number of para-hydroxylation sites is 1. The van der Waals surface area contributed by atoms with E-state index < -0.39 is 21.5 Å². The second kappa shape index (κ2) is 8.21. The van der Waals surface area contributed by atoms with Gasteiger partial charge in [0.15, 0.2) is 0 Å². The second-order valence-electron chi connectivity index (χ2n) is 5.24. The molecule has 5 nitrogen and oxygen atoms in total. The molecule has 1 aromatic carbocycles. The minimum absolute atomic E-state index is 0.148. The monoisotopic (exact) mass is 390 g/mol. The van der Waals surface area contributed by atoms with Crippen LogP contribution in [0.25, 0.3) is 11.0 Å². The molecule has 2 aromatic rings. The lowest BCUT2D eigenvalue weighted by Gasteiger charge is -2.26. The van der Waals surface area contributed by atoms with Crippen molar-refractivity contribution < 1.29 is 9.21 Å². The third-order valence-electron chi connectivity index (χ3n) is 3.37. The maximum atomic E-state index is 12.4. The number of rotatable bonds is 6. The largest absolute Gasteiger partial charge is 0.422 e. The number of halogens is 3. The Balaban J connectivity index is 2.23. The molecule has 1 unspecified atom stereocenters. The van der Waals surface area contributed by atoms with E-state index in [9.17, 15) is 9.59 Å². The van der Waals surface area contributed by atoms with Gasteiger partial charge in [-0.1, -0.05) is 66.3 Å². The minimum atomic E-state index is -1.76. The zero-order valence-corrected chi connectivity index (χ0v) is 15.2. The summed E-state index contributed by atoms with van der Waals surface area (Å²) in [5.74, 6) is -0.671. The molecule has 0 aliphatic carbocycles. The topological polar surface area (TPSA) is 71.3 Å². The highest BCUT2D eigenvalue weighted by Gasteiger charge is 2.34. The van der Waals surface area contributed by atoms with E-state index in [0.717, 1.165) is 12.8 Å². The molecule has 0 fully saturated rings. The van der Waals surface area contributed by atoms with Gasteiger partial charge in [-0.05, 0) is 25.1 Å². The Morgan fingerprint density at radius 2 is 2.00 bits per heavy atom. The molecule has 1 aromatic heterocycles. The van der Waals surface area contributed by atoms with Gasteiger partial charge in [0.25, 0.3) is 5.91 Å². The molecule has 2 N–H and O–H groups in total. The highest BCUT2D eigenvalue weighted by atomic mass is 35.6. The molecule has 0 spiro atoms. The van der Waals surface area contributed by atoms with E-state index in [2.05, 4.69) is 10.6 Å². The van der Waals surface area contributed by atoms with Gasteiger partial charge in [-0.25, -0.2) is 4.79 Å². The molecule has 0 bridgehead atoms. The summed E-state index contributed by atoms with van der Waals surface area (Å²) in [4.78, 5) is 24.4. The van der Waals surface area contributed by atoms with Crippen LogP contribution in [0.15, 0.2) is 39.5 Å². The van der Waals surface area contributed by atoms with Crippen molar-refractivity contribution in [2.45, 2.75) is 29.7 Å². The van der Waals surface area contributed by atoms with Crippen LogP contribution in [0.2, 0.25) is 0 Å². The Morgan fingerprint density at radius 3 is 2.67 bits per heavy atom. The highest BCUT2D eigenvalue weighted by Crippen LogP contribution is 2.29. The zero-order valence-electron chi connectivity index (χ0n) is 12.9. The van der Waals surface area contributed by atoms with E-state index in [-0.39, 0.29) is 5.56 Å². The first-order valence-electron chi connectivity index (χ1n) is 7.46. The standard InChI is InChI=1S/C16H17Cl3N2O3/c1-2-3-8-20-15(16(17,18)19)21-13(22)11-9-10-6-4-5-7-12(10)24-14(11)23/h4-7,9,15,20H,2-3,8H2,1H3,(H,21,22). The van der Waals surface area contributed by atoms with Crippen molar-refractivity contribution >= 4 is 51.7 Å². The third-order valence-corrected chi connectivity index (χ3v) is 4.02. The molecule has 24 heavy (non-hydrogen) atoms. The summed E-state index contributed by atoms with van der Waals surface area (Å²) >= 11 is 17.7. The van der Waals surface area contributed by atoms with Crippen molar-refractivity contribution in [3.05, 3.63) is 46.3 Å². The van der Waals surface area contributed by atoms with Crippen LogP contribution in [0.3, 0.4) is 0 Å². The molecular formula is C16H17Cl3N2O3. The van der Waals surface area contributed by atoms with Crippen LogP contribution in [0, 0.1) is 0 Å². The molecule has 1 amide bonds. The fraction of sp³-hybridized carbons (Fsp3) is 0.375. The number of carbonyl (C=O) groups is 1. The van der Waals surface area contributed by atoms with Gasteiger partial charge < -0.3 is 9.73 Å². The first kappa shape index (κ1) is 19.1. The fourth-order valence-corrected chi connectivity index (χ4v) is 2.50. The fourth-order valence-electron chi connectivity index (χ4n) is 2.10. The smallest absolute Gasteiger partial charge is 0.349 e. The summed E-state index contributed by atoms with van der Waals surface area (Å²) in [5, 5.41) is 6.12. The second-order valence-corrected chi connectivity index (χ2v) is 7.61. The van der Waals surface area contributed by atoms with Crippen LogP contribution in [0.1, 0.15) is 30.1 Å². The van der Waals surface area contributed by atoms with E-state index >= 15 is 0 Å². The average Bonchev–Trinajstić information content (AvgIpc) is 2.52. The predicted molar refractivity (Wildman–Crippen MR) is 96.9 cm³/mol. The number of fused-ring (bicyclic) bond motifs is 1. The number of benzene rings is 1. The van der Waals surface area contributed by atoms with Gasteiger partial charge in [-0.2, -0.15) is 0 Å². The van der Waals surface area contributed by atoms with Crippen LogP contribution in [0.4, 0.5) is 0 Å². The zero-order chi connectivity index (χ0) is 17.7. The lowest BCUT2D eigenvalue weighted by atomic mass is 10.2. The van der Waals surface area contributed by atoms with E-state index in [0.29, 0.717) is 17.5 Å². The molecule has 0 saturated heterocycles. The van der Waals surface area contributed by atoms with Crippen molar-refractivity contribution in [3.63, 3.8) is 0 Å². The Labute approximate surface area is 154 Å². The molecule has 0 aliphatic heterocycles. The van der Waals surface area contributed by atoms with E-state index in [1.807, 2.05) is 6.92 Å². The molecule has 1 atom stereocenters. The number of carbonyl (C=O) groups excluding carboxylic acids is 1. The predicted octanol–water partition coefficient (Wildman–Crippen LogP) is 3.61. The maximum Gasteiger partial charge on any atom is 0.349 e. The normalized spacial score (nSPS) is 13.0. The van der Waals surface area contributed by atoms with Gasteiger partial charge >= 0.3 is 5.63 Å². The van der Waals surface area contributed by atoms with Crippen molar-refractivity contribution in [2.24, 2.45) is 0 Å². The third kappa shape index (κ3) is 4.86.